The second-order valence-corrected chi connectivity index (χ2v) is 7.26. The summed E-state index contributed by atoms with van der Waals surface area (Å²) in [6.45, 7) is 1.82. The normalized spacial score (nSPS) is 12.1. The first-order chi connectivity index (χ1) is 15.4. The molecule has 0 fully saturated rings. The van der Waals surface area contributed by atoms with E-state index in [9.17, 15) is 9.59 Å². The molecule has 3 rings (SSSR count). The molecule has 164 valence electrons. The number of nitrogens with one attached hydrogen (secondary N) is 1. The number of carbonyl (C=O) groups is 2. The minimum atomic E-state index is -0.807. The summed E-state index contributed by atoms with van der Waals surface area (Å²) in [6, 6.07) is 22.9. The second-order valence-electron chi connectivity index (χ2n) is 7.26. The molecule has 0 spiro atoms. The van der Waals surface area contributed by atoms with E-state index in [-0.39, 0.29) is 11.7 Å². The van der Waals surface area contributed by atoms with Gasteiger partial charge < -0.3 is 26.9 Å². The number of benzene rings is 3. The SMILES string of the molecule is CC(=O)Nc1cccc(C(C(N)=O)N(Cc2ccccc2)c2ccc(/C(N)=N/O)cc2)c1. The van der Waals surface area contributed by atoms with Crippen molar-refractivity contribution < 1.29 is 14.8 Å². The molecule has 6 N–H and O–H groups in total. The van der Waals surface area contributed by atoms with Crippen molar-refractivity contribution in [3.05, 3.63) is 95.6 Å². The maximum absolute atomic E-state index is 12.7. The minimum absolute atomic E-state index is 0.0133. The van der Waals surface area contributed by atoms with Crippen molar-refractivity contribution in [1.29, 1.82) is 0 Å². The van der Waals surface area contributed by atoms with Crippen molar-refractivity contribution >= 4 is 29.0 Å². The molecule has 0 aromatic heterocycles. The smallest absolute Gasteiger partial charge is 0.244 e. The molecular weight excluding hydrogens is 406 g/mol. The van der Waals surface area contributed by atoms with Crippen LogP contribution in [0, 0.1) is 0 Å². The fourth-order valence-corrected chi connectivity index (χ4v) is 3.48. The van der Waals surface area contributed by atoms with Gasteiger partial charge in [-0.25, -0.2) is 0 Å². The van der Waals surface area contributed by atoms with Gasteiger partial charge in [-0.15, -0.1) is 0 Å². The van der Waals surface area contributed by atoms with Gasteiger partial charge in [0.05, 0.1) is 0 Å². The molecule has 8 nitrogen and oxygen atoms in total. The van der Waals surface area contributed by atoms with E-state index >= 15 is 0 Å². The van der Waals surface area contributed by atoms with Crippen molar-refractivity contribution in [1.82, 2.24) is 0 Å². The summed E-state index contributed by atoms with van der Waals surface area (Å²) in [7, 11) is 0. The van der Waals surface area contributed by atoms with E-state index in [2.05, 4.69) is 10.5 Å². The summed E-state index contributed by atoms with van der Waals surface area (Å²) in [4.78, 5) is 26.0. The van der Waals surface area contributed by atoms with E-state index in [1.807, 2.05) is 35.2 Å². The molecule has 0 radical (unpaired) electrons. The van der Waals surface area contributed by atoms with Gasteiger partial charge in [0.1, 0.15) is 6.04 Å². The first-order valence-electron chi connectivity index (χ1n) is 9.94. The highest BCUT2D eigenvalue weighted by atomic mass is 16.4. The molecule has 1 unspecified atom stereocenters. The van der Waals surface area contributed by atoms with Gasteiger partial charge >= 0.3 is 0 Å². The van der Waals surface area contributed by atoms with Crippen molar-refractivity contribution in [2.24, 2.45) is 16.6 Å². The standard InChI is InChI=1S/C24H25N5O3/c1-16(30)27-20-9-5-8-19(14-20)22(24(26)31)29(15-17-6-3-2-4-7-17)21-12-10-18(11-13-21)23(25)28-32/h2-14,22,32H,15H2,1H3,(H2,25,28)(H2,26,31)(H,27,30). The van der Waals surface area contributed by atoms with Crippen LogP contribution in [0.15, 0.2) is 84.0 Å². The second kappa shape index (κ2) is 10.1. The summed E-state index contributed by atoms with van der Waals surface area (Å²) in [5, 5.41) is 14.7. The van der Waals surface area contributed by atoms with E-state index in [1.54, 1.807) is 48.5 Å². The fourth-order valence-electron chi connectivity index (χ4n) is 3.48. The van der Waals surface area contributed by atoms with Crippen LogP contribution in [0.3, 0.4) is 0 Å². The van der Waals surface area contributed by atoms with Crippen LogP contribution in [-0.2, 0) is 16.1 Å². The van der Waals surface area contributed by atoms with Crippen LogP contribution in [0.5, 0.6) is 0 Å². The molecule has 0 aliphatic heterocycles. The number of hydrogen-bond acceptors (Lipinski definition) is 5. The Balaban J connectivity index is 2.07. The molecule has 0 aliphatic carbocycles. The Morgan fingerprint density at radius 2 is 1.69 bits per heavy atom. The number of oxime groups is 1. The Morgan fingerprint density at radius 1 is 1.00 bits per heavy atom. The van der Waals surface area contributed by atoms with Gasteiger partial charge in [0.25, 0.3) is 0 Å². The summed E-state index contributed by atoms with van der Waals surface area (Å²) < 4.78 is 0. The Labute approximate surface area is 186 Å². The first kappa shape index (κ1) is 22.4. The molecule has 2 amide bonds. The Kier molecular flexibility index (Phi) is 7.07. The third-order valence-electron chi connectivity index (χ3n) is 4.90. The molecule has 3 aromatic carbocycles. The summed E-state index contributed by atoms with van der Waals surface area (Å²) >= 11 is 0. The quantitative estimate of drug-likeness (QED) is 0.188. The van der Waals surface area contributed by atoms with E-state index in [1.165, 1.54) is 6.92 Å². The zero-order chi connectivity index (χ0) is 23.1. The highest BCUT2D eigenvalue weighted by Crippen LogP contribution is 2.31. The number of hydrogen-bond donors (Lipinski definition) is 4. The maximum Gasteiger partial charge on any atom is 0.244 e. The molecule has 8 heteroatoms. The number of amidine groups is 1. The zero-order valence-corrected chi connectivity index (χ0v) is 17.6. The van der Waals surface area contributed by atoms with Gasteiger partial charge in [0, 0.05) is 30.4 Å². The number of nitrogens with two attached hydrogens (primary N) is 2. The molecule has 0 heterocycles. The predicted molar refractivity (Wildman–Crippen MR) is 124 cm³/mol. The summed E-state index contributed by atoms with van der Waals surface area (Å²) in [5.41, 5.74) is 15.0. The van der Waals surface area contributed by atoms with Gasteiger partial charge in [-0.05, 0) is 47.5 Å². The lowest BCUT2D eigenvalue weighted by Gasteiger charge is -2.32. The van der Waals surface area contributed by atoms with E-state index in [0.29, 0.717) is 23.4 Å². The molecule has 0 saturated heterocycles. The van der Waals surface area contributed by atoms with Gasteiger partial charge in [-0.1, -0.05) is 47.6 Å². The average Bonchev–Trinajstić information content (AvgIpc) is 2.78. The lowest BCUT2D eigenvalue weighted by Crippen LogP contribution is -2.37. The average molecular weight is 431 g/mol. The van der Waals surface area contributed by atoms with E-state index in [0.717, 1.165) is 11.3 Å². The van der Waals surface area contributed by atoms with Gasteiger partial charge in [-0.3, -0.25) is 9.59 Å². The van der Waals surface area contributed by atoms with Crippen LogP contribution in [0.4, 0.5) is 11.4 Å². The number of primary amides is 1. The molecule has 3 aromatic rings. The number of amides is 2. The van der Waals surface area contributed by atoms with Gasteiger partial charge in [0.2, 0.25) is 11.8 Å². The monoisotopic (exact) mass is 431 g/mol. The number of anilines is 2. The van der Waals surface area contributed by atoms with Gasteiger partial charge in [-0.2, -0.15) is 0 Å². The predicted octanol–water partition coefficient (Wildman–Crippen LogP) is 2.97. The highest BCUT2D eigenvalue weighted by molar-refractivity contribution is 5.97. The molecule has 0 saturated carbocycles. The lowest BCUT2D eigenvalue weighted by molar-refractivity contribution is -0.119. The largest absolute Gasteiger partial charge is 0.409 e. The first-order valence-corrected chi connectivity index (χ1v) is 9.94. The fraction of sp³-hybridized carbons (Fsp3) is 0.125. The summed E-state index contributed by atoms with van der Waals surface area (Å²) in [6.07, 6.45) is 0. The Bertz CT molecular complexity index is 1110. The highest BCUT2D eigenvalue weighted by Gasteiger charge is 2.27. The van der Waals surface area contributed by atoms with Crippen molar-refractivity contribution in [3.8, 4) is 0 Å². The van der Waals surface area contributed by atoms with Crippen LogP contribution in [-0.4, -0.2) is 22.9 Å². The van der Waals surface area contributed by atoms with Crippen molar-refractivity contribution in [3.63, 3.8) is 0 Å². The molecule has 32 heavy (non-hydrogen) atoms. The van der Waals surface area contributed by atoms with Crippen LogP contribution in [0.25, 0.3) is 0 Å². The minimum Gasteiger partial charge on any atom is -0.409 e. The lowest BCUT2D eigenvalue weighted by atomic mass is 10.0. The van der Waals surface area contributed by atoms with Crippen LogP contribution in [0.2, 0.25) is 0 Å². The zero-order valence-electron chi connectivity index (χ0n) is 17.6. The molecular formula is C24H25N5O3. The number of carbonyl (C=O) groups excluding carboxylic acids is 2. The molecule has 1 atom stereocenters. The molecule has 0 bridgehead atoms. The van der Waals surface area contributed by atoms with Crippen molar-refractivity contribution in [2.75, 3.05) is 10.2 Å². The summed E-state index contributed by atoms with van der Waals surface area (Å²) in [5.74, 6) is -0.764. The van der Waals surface area contributed by atoms with E-state index in [4.69, 9.17) is 16.7 Å². The maximum atomic E-state index is 12.7. The Morgan fingerprint density at radius 3 is 2.28 bits per heavy atom. The molecule has 0 aliphatic rings. The number of nitrogens with zero attached hydrogens (tertiary/aromatic N) is 2. The van der Waals surface area contributed by atoms with Crippen LogP contribution < -0.4 is 21.7 Å². The third kappa shape index (κ3) is 5.42. The van der Waals surface area contributed by atoms with E-state index < -0.39 is 11.9 Å². The number of rotatable bonds is 8. The topological polar surface area (TPSA) is 134 Å². The Hall–Kier alpha value is -4.33. The third-order valence-corrected chi connectivity index (χ3v) is 4.90. The van der Waals surface area contributed by atoms with Crippen LogP contribution in [0.1, 0.15) is 29.7 Å². The van der Waals surface area contributed by atoms with Crippen LogP contribution >= 0.6 is 0 Å². The van der Waals surface area contributed by atoms with Gasteiger partial charge in [0.15, 0.2) is 5.84 Å². The van der Waals surface area contributed by atoms with Crippen molar-refractivity contribution in [2.45, 2.75) is 19.5 Å².